The van der Waals surface area contributed by atoms with Gasteiger partial charge in [0.05, 0.1) is 17.5 Å². The lowest BCUT2D eigenvalue weighted by molar-refractivity contribution is -0.122. The normalized spacial score (nSPS) is 31.3. The Hall–Kier alpha value is -1.87. The van der Waals surface area contributed by atoms with E-state index in [0.29, 0.717) is 10.7 Å². The monoisotopic (exact) mass is 327 g/mol. The molecular formula is C19H18ClNO2. The molecule has 0 unspecified atom stereocenters. The van der Waals surface area contributed by atoms with Crippen LogP contribution >= 0.6 is 11.6 Å². The van der Waals surface area contributed by atoms with Gasteiger partial charge in [-0.15, -0.1) is 0 Å². The molecule has 4 rings (SSSR count). The van der Waals surface area contributed by atoms with Crippen LogP contribution in [0.3, 0.4) is 0 Å². The van der Waals surface area contributed by atoms with Crippen LogP contribution in [0.15, 0.2) is 47.6 Å². The SMILES string of the molecule is CCC(C)=C1[C@H]2C=C[C@H]1[C@@H]1C(=O)N(c3ccc(Cl)cc3)C(=O)[C@H]12. The van der Waals surface area contributed by atoms with Gasteiger partial charge in [0.1, 0.15) is 0 Å². The standard InChI is InChI=1S/C19H18ClNO2/c1-3-10(2)15-13-8-9-14(15)17-16(13)18(22)21(19(17)23)12-6-4-11(20)5-7-12/h4-9,13-14,16-17H,3H2,1-2H3/t13-,14-,16+,17+/m1/s1. The van der Waals surface area contributed by atoms with E-state index in [2.05, 4.69) is 26.0 Å². The predicted octanol–water partition coefficient (Wildman–Crippen LogP) is 3.99. The number of allylic oxidation sites excluding steroid dienone is 4. The number of carbonyl (C=O) groups is 2. The molecule has 0 radical (unpaired) electrons. The molecule has 1 saturated heterocycles. The van der Waals surface area contributed by atoms with Gasteiger partial charge in [-0.05, 0) is 37.6 Å². The lowest BCUT2D eigenvalue weighted by Crippen LogP contribution is -2.33. The van der Waals surface area contributed by atoms with Gasteiger partial charge in [0, 0.05) is 16.9 Å². The van der Waals surface area contributed by atoms with Crippen molar-refractivity contribution in [3.63, 3.8) is 0 Å². The molecule has 2 amide bonds. The van der Waals surface area contributed by atoms with Gasteiger partial charge in [0.15, 0.2) is 0 Å². The lowest BCUT2D eigenvalue weighted by atomic mass is 9.85. The summed E-state index contributed by atoms with van der Waals surface area (Å²) < 4.78 is 0. The molecule has 2 aliphatic carbocycles. The molecule has 4 atom stereocenters. The van der Waals surface area contributed by atoms with Crippen LogP contribution in [0.1, 0.15) is 20.3 Å². The van der Waals surface area contributed by atoms with Gasteiger partial charge in [-0.25, -0.2) is 4.90 Å². The Morgan fingerprint density at radius 2 is 1.57 bits per heavy atom. The summed E-state index contributed by atoms with van der Waals surface area (Å²) in [4.78, 5) is 27.2. The Bertz CT molecular complexity index is 728. The summed E-state index contributed by atoms with van der Waals surface area (Å²) in [5.41, 5.74) is 3.24. The smallest absolute Gasteiger partial charge is 0.238 e. The van der Waals surface area contributed by atoms with E-state index in [0.717, 1.165) is 6.42 Å². The molecular weight excluding hydrogens is 310 g/mol. The van der Waals surface area contributed by atoms with Crippen molar-refractivity contribution in [1.29, 1.82) is 0 Å². The number of amides is 2. The molecule has 1 aliphatic heterocycles. The van der Waals surface area contributed by atoms with E-state index in [9.17, 15) is 9.59 Å². The van der Waals surface area contributed by atoms with Crippen molar-refractivity contribution in [2.75, 3.05) is 4.90 Å². The molecule has 1 aromatic carbocycles. The van der Waals surface area contributed by atoms with E-state index in [1.807, 2.05) is 0 Å². The first-order valence-corrected chi connectivity index (χ1v) is 8.43. The number of hydrogen-bond donors (Lipinski definition) is 0. The molecule has 0 spiro atoms. The van der Waals surface area contributed by atoms with Crippen molar-refractivity contribution in [2.45, 2.75) is 20.3 Å². The highest BCUT2D eigenvalue weighted by atomic mass is 35.5. The first-order valence-electron chi connectivity index (χ1n) is 8.05. The highest BCUT2D eigenvalue weighted by Gasteiger charge is 2.61. The number of fused-ring (bicyclic) bond motifs is 5. The maximum Gasteiger partial charge on any atom is 0.238 e. The first kappa shape index (κ1) is 14.7. The molecule has 0 N–H and O–H groups in total. The third-order valence-corrected chi connectivity index (χ3v) is 5.78. The largest absolute Gasteiger partial charge is 0.274 e. The fraction of sp³-hybridized carbons (Fsp3) is 0.368. The van der Waals surface area contributed by atoms with Gasteiger partial charge in [0.2, 0.25) is 11.8 Å². The summed E-state index contributed by atoms with van der Waals surface area (Å²) in [6, 6.07) is 6.90. The fourth-order valence-corrected chi connectivity index (χ4v) is 4.51. The van der Waals surface area contributed by atoms with Crippen LogP contribution < -0.4 is 4.90 Å². The van der Waals surface area contributed by atoms with Crippen LogP contribution in [-0.4, -0.2) is 11.8 Å². The molecule has 0 aromatic heterocycles. The first-order chi connectivity index (χ1) is 11.0. The maximum absolute atomic E-state index is 12.9. The van der Waals surface area contributed by atoms with E-state index in [4.69, 9.17) is 11.6 Å². The average Bonchev–Trinajstić information content (AvgIpc) is 3.18. The van der Waals surface area contributed by atoms with E-state index in [1.165, 1.54) is 16.0 Å². The summed E-state index contributed by atoms with van der Waals surface area (Å²) in [6.07, 6.45) is 5.21. The number of imide groups is 1. The van der Waals surface area contributed by atoms with E-state index in [1.54, 1.807) is 24.3 Å². The van der Waals surface area contributed by atoms with Crippen molar-refractivity contribution < 1.29 is 9.59 Å². The highest BCUT2D eigenvalue weighted by Crippen LogP contribution is 2.57. The van der Waals surface area contributed by atoms with Crippen molar-refractivity contribution >= 4 is 29.1 Å². The molecule has 3 aliphatic rings. The molecule has 118 valence electrons. The zero-order valence-electron chi connectivity index (χ0n) is 13.1. The molecule has 2 bridgehead atoms. The minimum Gasteiger partial charge on any atom is -0.274 e. The highest BCUT2D eigenvalue weighted by molar-refractivity contribution is 6.31. The van der Waals surface area contributed by atoms with Crippen LogP contribution in [0.5, 0.6) is 0 Å². The maximum atomic E-state index is 12.9. The second-order valence-electron chi connectivity index (χ2n) is 6.57. The lowest BCUT2D eigenvalue weighted by Gasteiger charge is -2.19. The average molecular weight is 328 g/mol. The number of anilines is 1. The van der Waals surface area contributed by atoms with Gasteiger partial charge < -0.3 is 0 Å². The zero-order valence-corrected chi connectivity index (χ0v) is 13.9. The van der Waals surface area contributed by atoms with Crippen LogP contribution in [0.25, 0.3) is 0 Å². The molecule has 1 heterocycles. The Morgan fingerprint density at radius 1 is 1.04 bits per heavy atom. The number of hydrogen-bond acceptors (Lipinski definition) is 2. The van der Waals surface area contributed by atoms with Crippen LogP contribution in [0.2, 0.25) is 5.02 Å². The second-order valence-corrected chi connectivity index (χ2v) is 7.00. The topological polar surface area (TPSA) is 37.4 Å². The predicted molar refractivity (Wildman–Crippen MR) is 90.0 cm³/mol. The van der Waals surface area contributed by atoms with Crippen LogP contribution in [0, 0.1) is 23.7 Å². The van der Waals surface area contributed by atoms with Gasteiger partial charge in [-0.2, -0.15) is 0 Å². The summed E-state index contributed by atoms with van der Waals surface area (Å²) in [6.45, 7) is 4.24. The van der Waals surface area contributed by atoms with Crippen molar-refractivity contribution in [2.24, 2.45) is 23.7 Å². The number of halogens is 1. The molecule has 1 aromatic rings. The van der Waals surface area contributed by atoms with Crippen LogP contribution in [0.4, 0.5) is 5.69 Å². The van der Waals surface area contributed by atoms with E-state index >= 15 is 0 Å². The summed E-state index contributed by atoms with van der Waals surface area (Å²) in [5, 5.41) is 0.596. The summed E-state index contributed by atoms with van der Waals surface area (Å²) in [7, 11) is 0. The van der Waals surface area contributed by atoms with E-state index < -0.39 is 0 Å². The van der Waals surface area contributed by atoms with Gasteiger partial charge in [-0.1, -0.05) is 41.8 Å². The Morgan fingerprint density at radius 3 is 2.04 bits per heavy atom. The second kappa shape index (κ2) is 5.07. The van der Waals surface area contributed by atoms with Crippen molar-refractivity contribution in [3.8, 4) is 0 Å². The zero-order chi connectivity index (χ0) is 16.3. The minimum absolute atomic E-state index is 0.0689. The van der Waals surface area contributed by atoms with Crippen LogP contribution in [-0.2, 0) is 9.59 Å². The Labute approximate surface area is 140 Å². The van der Waals surface area contributed by atoms with Crippen molar-refractivity contribution in [3.05, 3.63) is 52.6 Å². The molecule has 1 saturated carbocycles. The molecule has 2 fully saturated rings. The van der Waals surface area contributed by atoms with Gasteiger partial charge >= 0.3 is 0 Å². The number of carbonyl (C=O) groups excluding carboxylic acids is 2. The molecule has 3 nitrogen and oxygen atoms in total. The summed E-state index contributed by atoms with van der Waals surface area (Å²) >= 11 is 5.91. The van der Waals surface area contributed by atoms with Crippen molar-refractivity contribution in [1.82, 2.24) is 0 Å². The van der Waals surface area contributed by atoms with Gasteiger partial charge in [-0.3, -0.25) is 9.59 Å². The minimum atomic E-state index is -0.232. The van der Waals surface area contributed by atoms with Gasteiger partial charge in [0.25, 0.3) is 0 Å². The van der Waals surface area contributed by atoms with E-state index in [-0.39, 0.29) is 35.5 Å². The number of benzene rings is 1. The third kappa shape index (κ3) is 1.89. The Kier molecular flexibility index (Phi) is 3.24. The molecule has 4 heteroatoms. The quantitative estimate of drug-likeness (QED) is 0.608. The number of nitrogens with zero attached hydrogens (tertiary/aromatic N) is 1. The Balaban J connectivity index is 1.74. The third-order valence-electron chi connectivity index (χ3n) is 5.52. The summed E-state index contributed by atoms with van der Waals surface area (Å²) in [5.74, 6) is -0.409. The fourth-order valence-electron chi connectivity index (χ4n) is 4.38. The number of rotatable bonds is 2. The molecule has 23 heavy (non-hydrogen) atoms.